The molecule has 1 aromatic carbocycles. The van der Waals surface area contributed by atoms with Gasteiger partial charge in [-0.2, -0.15) is 0 Å². The van der Waals surface area contributed by atoms with E-state index in [0.29, 0.717) is 6.04 Å². The molecule has 0 bridgehead atoms. The molecule has 1 amide bonds. The molecule has 138 valence electrons. The van der Waals surface area contributed by atoms with Gasteiger partial charge in [-0.3, -0.25) is 4.90 Å². The van der Waals surface area contributed by atoms with Crippen LogP contribution in [0, 0.1) is 0 Å². The number of fused-ring (bicyclic) bond motifs is 1. The summed E-state index contributed by atoms with van der Waals surface area (Å²) in [7, 11) is 0. The summed E-state index contributed by atoms with van der Waals surface area (Å²) in [5.74, 6) is 0. The van der Waals surface area contributed by atoms with E-state index in [9.17, 15) is 4.79 Å². The second-order valence-corrected chi connectivity index (χ2v) is 8.42. The van der Waals surface area contributed by atoms with Crippen molar-refractivity contribution in [1.82, 2.24) is 10.2 Å². The minimum atomic E-state index is -0.436. The summed E-state index contributed by atoms with van der Waals surface area (Å²) in [6.07, 6.45) is 6.77. The molecule has 1 atom stereocenters. The summed E-state index contributed by atoms with van der Waals surface area (Å²) in [4.78, 5) is 14.6. The average molecular weight is 344 g/mol. The largest absolute Gasteiger partial charge is 0.444 e. The van der Waals surface area contributed by atoms with E-state index in [4.69, 9.17) is 4.74 Å². The van der Waals surface area contributed by atoms with Gasteiger partial charge in [0.25, 0.3) is 0 Å². The predicted octanol–water partition coefficient (Wildman–Crippen LogP) is 4.44. The van der Waals surface area contributed by atoms with Crippen LogP contribution in [0.2, 0.25) is 0 Å². The van der Waals surface area contributed by atoms with Crippen LogP contribution < -0.4 is 5.32 Å². The molecule has 1 aliphatic carbocycles. The van der Waals surface area contributed by atoms with Crippen LogP contribution in [0.25, 0.3) is 0 Å². The van der Waals surface area contributed by atoms with Crippen molar-refractivity contribution in [3.63, 3.8) is 0 Å². The Balaban J connectivity index is 1.57. The normalized spacial score (nSPS) is 22.8. The zero-order chi connectivity index (χ0) is 17.9. The molecule has 4 nitrogen and oxygen atoms in total. The number of piperidine rings is 1. The predicted molar refractivity (Wildman–Crippen MR) is 101 cm³/mol. The van der Waals surface area contributed by atoms with E-state index in [1.54, 1.807) is 0 Å². The summed E-state index contributed by atoms with van der Waals surface area (Å²) < 4.78 is 5.38. The standard InChI is InChI=1S/C21H32N2O2/c1-21(2,3)25-20(24)22-17-12-14-23(15-13-17)19-11-7-5-9-16-8-4-6-10-18(16)19/h4,6,8,10,17,19H,5,7,9,11-15H2,1-3H3,(H,22,24)/t19-/m0/s1. The molecule has 3 rings (SSSR count). The van der Waals surface area contributed by atoms with E-state index in [2.05, 4.69) is 34.5 Å². The van der Waals surface area contributed by atoms with Crippen LogP contribution in [-0.4, -0.2) is 35.7 Å². The Bertz CT molecular complexity index is 586. The number of nitrogens with one attached hydrogen (secondary N) is 1. The van der Waals surface area contributed by atoms with Gasteiger partial charge in [0, 0.05) is 25.2 Å². The lowest BCUT2D eigenvalue weighted by Crippen LogP contribution is -2.47. The number of carbonyl (C=O) groups is 1. The maximum absolute atomic E-state index is 12.0. The van der Waals surface area contributed by atoms with Crippen molar-refractivity contribution in [3.05, 3.63) is 35.4 Å². The second-order valence-electron chi connectivity index (χ2n) is 8.42. The summed E-state index contributed by atoms with van der Waals surface area (Å²) in [6.45, 7) is 7.79. The van der Waals surface area contributed by atoms with Crippen molar-refractivity contribution < 1.29 is 9.53 Å². The van der Waals surface area contributed by atoms with E-state index >= 15 is 0 Å². The van der Waals surface area contributed by atoms with E-state index in [-0.39, 0.29) is 12.1 Å². The SMILES string of the molecule is CC(C)(C)OC(=O)NC1CCN([C@H]2CCCCc3ccccc32)CC1. The third kappa shape index (κ3) is 4.97. The molecule has 1 fully saturated rings. The van der Waals surface area contributed by atoms with Crippen LogP contribution in [0.5, 0.6) is 0 Å². The first-order chi connectivity index (χ1) is 11.9. The molecule has 1 heterocycles. The molecule has 0 spiro atoms. The maximum Gasteiger partial charge on any atom is 0.407 e. The van der Waals surface area contributed by atoms with Crippen molar-refractivity contribution in [1.29, 1.82) is 0 Å². The number of alkyl carbamates (subject to hydrolysis) is 1. The van der Waals surface area contributed by atoms with Gasteiger partial charge < -0.3 is 10.1 Å². The highest BCUT2D eigenvalue weighted by atomic mass is 16.6. The molecule has 1 aliphatic heterocycles. The number of hydrogen-bond donors (Lipinski definition) is 1. The number of hydrogen-bond acceptors (Lipinski definition) is 3. The third-order valence-corrected chi connectivity index (χ3v) is 5.28. The van der Waals surface area contributed by atoms with Crippen molar-refractivity contribution in [2.45, 2.75) is 77.0 Å². The summed E-state index contributed by atoms with van der Waals surface area (Å²) in [6, 6.07) is 9.72. The zero-order valence-electron chi connectivity index (χ0n) is 15.9. The fourth-order valence-corrected chi connectivity index (χ4v) is 4.10. The Kier molecular flexibility index (Phi) is 5.67. The molecular weight excluding hydrogens is 312 g/mol. The summed E-state index contributed by atoms with van der Waals surface area (Å²) >= 11 is 0. The lowest BCUT2D eigenvalue weighted by atomic mass is 9.95. The lowest BCUT2D eigenvalue weighted by Gasteiger charge is -2.38. The van der Waals surface area contributed by atoms with Crippen molar-refractivity contribution in [2.75, 3.05) is 13.1 Å². The van der Waals surface area contributed by atoms with E-state index < -0.39 is 5.60 Å². The monoisotopic (exact) mass is 344 g/mol. The zero-order valence-corrected chi connectivity index (χ0v) is 15.9. The number of carbonyl (C=O) groups excluding carboxylic acids is 1. The minimum absolute atomic E-state index is 0.229. The van der Waals surface area contributed by atoms with E-state index in [1.807, 2.05) is 20.8 Å². The number of amides is 1. The van der Waals surface area contributed by atoms with Gasteiger partial charge in [-0.15, -0.1) is 0 Å². The second kappa shape index (κ2) is 7.77. The van der Waals surface area contributed by atoms with Crippen LogP contribution in [0.15, 0.2) is 24.3 Å². The highest BCUT2D eigenvalue weighted by Gasteiger charge is 2.29. The molecule has 1 N–H and O–H groups in total. The van der Waals surface area contributed by atoms with Crippen LogP contribution in [-0.2, 0) is 11.2 Å². The Labute approximate surface area is 151 Å². The van der Waals surface area contributed by atoms with Gasteiger partial charge in [0.1, 0.15) is 5.60 Å². The molecule has 1 saturated heterocycles. The quantitative estimate of drug-likeness (QED) is 0.806. The first-order valence-corrected chi connectivity index (χ1v) is 9.74. The van der Waals surface area contributed by atoms with Crippen molar-refractivity contribution >= 4 is 6.09 Å². The molecule has 25 heavy (non-hydrogen) atoms. The van der Waals surface area contributed by atoms with Crippen LogP contribution >= 0.6 is 0 Å². The van der Waals surface area contributed by atoms with Gasteiger partial charge in [-0.25, -0.2) is 4.79 Å². The number of aryl methyl sites for hydroxylation is 1. The van der Waals surface area contributed by atoms with Gasteiger partial charge in [-0.05, 0) is 64.0 Å². The van der Waals surface area contributed by atoms with Crippen LogP contribution in [0.1, 0.15) is 70.0 Å². The van der Waals surface area contributed by atoms with Gasteiger partial charge in [0.15, 0.2) is 0 Å². The fourth-order valence-electron chi connectivity index (χ4n) is 4.10. The molecule has 2 aliphatic rings. The topological polar surface area (TPSA) is 41.6 Å². The molecule has 4 heteroatoms. The lowest BCUT2D eigenvalue weighted by molar-refractivity contribution is 0.0465. The van der Waals surface area contributed by atoms with E-state index in [1.165, 1.54) is 36.8 Å². The van der Waals surface area contributed by atoms with E-state index in [0.717, 1.165) is 25.9 Å². The highest BCUT2D eigenvalue weighted by molar-refractivity contribution is 5.68. The summed E-state index contributed by atoms with van der Waals surface area (Å²) in [5, 5.41) is 3.04. The fraction of sp³-hybridized carbons (Fsp3) is 0.667. The molecule has 0 saturated carbocycles. The van der Waals surface area contributed by atoms with Crippen molar-refractivity contribution in [3.8, 4) is 0 Å². The number of rotatable bonds is 2. The Morgan fingerprint density at radius 3 is 2.56 bits per heavy atom. The number of ether oxygens (including phenoxy) is 1. The van der Waals surface area contributed by atoms with Gasteiger partial charge in [0.05, 0.1) is 0 Å². The maximum atomic E-state index is 12.0. The molecule has 0 unspecified atom stereocenters. The average Bonchev–Trinajstić information content (AvgIpc) is 2.76. The third-order valence-electron chi connectivity index (χ3n) is 5.28. The first-order valence-electron chi connectivity index (χ1n) is 9.74. The van der Waals surface area contributed by atoms with Crippen LogP contribution in [0.3, 0.4) is 0 Å². The smallest absolute Gasteiger partial charge is 0.407 e. The number of nitrogens with zero attached hydrogens (tertiary/aromatic N) is 1. The Morgan fingerprint density at radius 2 is 1.84 bits per heavy atom. The first kappa shape index (κ1) is 18.2. The number of benzene rings is 1. The molecule has 1 aromatic rings. The molecular formula is C21H32N2O2. The van der Waals surface area contributed by atoms with Gasteiger partial charge in [-0.1, -0.05) is 30.7 Å². The van der Waals surface area contributed by atoms with Gasteiger partial charge in [0.2, 0.25) is 0 Å². The molecule has 0 aromatic heterocycles. The van der Waals surface area contributed by atoms with Crippen molar-refractivity contribution in [2.24, 2.45) is 0 Å². The Morgan fingerprint density at radius 1 is 1.12 bits per heavy atom. The Hall–Kier alpha value is -1.55. The highest BCUT2D eigenvalue weighted by Crippen LogP contribution is 2.34. The summed E-state index contributed by atoms with van der Waals surface area (Å²) in [5.41, 5.74) is 2.62. The molecule has 0 radical (unpaired) electrons. The van der Waals surface area contributed by atoms with Crippen LogP contribution in [0.4, 0.5) is 4.79 Å². The number of likely N-dealkylation sites (tertiary alicyclic amines) is 1. The van der Waals surface area contributed by atoms with Gasteiger partial charge >= 0.3 is 6.09 Å². The minimum Gasteiger partial charge on any atom is -0.444 e.